The molecule has 1 unspecified atom stereocenters. The third-order valence-corrected chi connectivity index (χ3v) is 13.0. The maximum atomic E-state index is 12.9. The Morgan fingerprint density at radius 1 is 0.338 bits per heavy atom. The van der Waals surface area contributed by atoms with Gasteiger partial charge in [-0.2, -0.15) is 0 Å². The summed E-state index contributed by atoms with van der Waals surface area (Å²) in [5.74, 6) is -0.409. The average Bonchev–Trinajstić information content (AvgIpc) is 3.34. The smallest absolute Gasteiger partial charge is 0.306 e. The summed E-state index contributed by atoms with van der Waals surface area (Å²) in [4.78, 5) is 25.5. The number of hydrogen-bond donors (Lipinski definition) is 0. The van der Waals surface area contributed by atoms with Gasteiger partial charge >= 0.3 is 11.9 Å². The van der Waals surface area contributed by atoms with Gasteiger partial charge in [0.15, 0.2) is 6.10 Å². The summed E-state index contributed by atoms with van der Waals surface area (Å²) in [6, 6.07) is 0. The first kappa shape index (κ1) is 65.6. The van der Waals surface area contributed by atoms with Gasteiger partial charge in [-0.1, -0.05) is 268 Å². The molecule has 0 aliphatic carbocycles. The molecule has 0 N–H and O–H groups in total. The number of hydrogen-bond acceptors (Lipinski definition) is 5. The van der Waals surface area contributed by atoms with Gasteiger partial charge in [-0.15, -0.1) is 0 Å². The summed E-state index contributed by atoms with van der Waals surface area (Å²) < 4.78 is 17.5. The van der Waals surface area contributed by atoms with Gasteiger partial charge in [-0.3, -0.25) is 9.59 Å². The van der Waals surface area contributed by atoms with Gasteiger partial charge in [0.25, 0.3) is 0 Å². The molecule has 0 fully saturated rings. The summed E-state index contributed by atoms with van der Waals surface area (Å²) >= 11 is 0. The van der Waals surface area contributed by atoms with Crippen molar-refractivity contribution in [1.82, 2.24) is 0 Å². The molecule has 1 atom stereocenters. The van der Waals surface area contributed by atoms with Crippen molar-refractivity contribution in [1.29, 1.82) is 0 Å². The van der Waals surface area contributed by atoms with Crippen LogP contribution in [0.3, 0.4) is 0 Å². The standard InChI is InChI=1S/C63H114O5/c1-4-7-10-13-16-19-22-25-28-30-32-33-36-38-41-44-47-50-53-56-62(64)67-60-61(68-63(65)57-54-51-48-45-42-39-35-27-24-21-18-15-12-9-6-3)59-66-58-55-52-49-46-43-40-37-34-31-29-26-23-20-17-14-11-8-5-2/h7,10,16,19,25,27-28,32-33,35,61H,4-6,8-9,11-15,17-18,20-24,26,29-31,34,36-60H2,1-3H3/b10-7-,19-16-,28-25-,33-32-,35-27-. The van der Waals surface area contributed by atoms with Gasteiger partial charge in [0.05, 0.1) is 6.61 Å². The molecule has 0 spiro atoms. The van der Waals surface area contributed by atoms with Gasteiger partial charge < -0.3 is 14.2 Å². The zero-order chi connectivity index (χ0) is 49.2. The Hall–Kier alpha value is -2.40. The van der Waals surface area contributed by atoms with E-state index < -0.39 is 6.10 Å². The Kier molecular flexibility index (Phi) is 56.8. The van der Waals surface area contributed by atoms with E-state index in [0.717, 1.165) is 83.5 Å². The number of carbonyl (C=O) groups is 2. The minimum Gasteiger partial charge on any atom is -0.462 e. The van der Waals surface area contributed by atoms with E-state index in [0.29, 0.717) is 19.4 Å². The highest BCUT2D eigenvalue weighted by atomic mass is 16.6. The highest BCUT2D eigenvalue weighted by molar-refractivity contribution is 5.70. The Bertz CT molecular complexity index is 1170. The molecular formula is C63H114O5. The maximum Gasteiger partial charge on any atom is 0.306 e. The molecule has 0 saturated carbocycles. The number of esters is 2. The Labute approximate surface area is 424 Å². The van der Waals surface area contributed by atoms with Crippen molar-refractivity contribution in [3.63, 3.8) is 0 Å². The van der Waals surface area contributed by atoms with E-state index in [9.17, 15) is 9.59 Å². The number of ether oxygens (including phenoxy) is 3. The van der Waals surface area contributed by atoms with Gasteiger partial charge in [0.1, 0.15) is 6.61 Å². The van der Waals surface area contributed by atoms with Crippen molar-refractivity contribution in [2.75, 3.05) is 19.8 Å². The molecule has 0 aromatic carbocycles. The van der Waals surface area contributed by atoms with Crippen molar-refractivity contribution in [3.05, 3.63) is 60.8 Å². The van der Waals surface area contributed by atoms with E-state index in [1.165, 1.54) is 186 Å². The van der Waals surface area contributed by atoms with Crippen LogP contribution in [0.2, 0.25) is 0 Å². The second-order valence-corrected chi connectivity index (χ2v) is 19.9. The number of unbranched alkanes of at least 4 members (excludes halogenated alkanes) is 34. The van der Waals surface area contributed by atoms with Crippen LogP contribution < -0.4 is 0 Å². The predicted molar refractivity (Wildman–Crippen MR) is 298 cm³/mol. The minimum atomic E-state index is -0.546. The number of rotatable bonds is 55. The third-order valence-electron chi connectivity index (χ3n) is 13.0. The van der Waals surface area contributed by atoms with E-state index in [-0.39, 0.29) is 25.2 Å². The lowest BCUT2D eigenvalue weighted by atomic mass is 10.0. The van der Waals surface area contributed by atoms with Crippen LogP contribution in [-0.4, -0.2) is 37.9 Å². The van der Waals surface area contributed by atoms with Crippen molar-refractivity contribution in [2.45, 2.75) is 309 Å². The van der Waals surface area contributed by atoms with Crippen LogP contribution >= 0.6 is 0 Å². The second kappa shape index (κ2) is 58.9. The molecule has 5 heteroatoms. The molecule has 0 heterocycles. The molecule has 68 heavy (non-hydrogen) atoms. The lowest BCUT2D eigenvalue weighted by Crippen LogP contribution is -2.30. The molecule has 0 aromatic rings. The van der Waals surface area contributed by atoms with E-state index in [1.807, 2.05) is 0 Å². The third kappa shape index (κ3) is 56.2. The summed E-state index contributed by atoms with van der Waals surface area (Å²) in [6.07, 6.45) is 75.3. The van der Waals surface area contributed by atoms with E-state index in [4.69, 9.17) is 14.2 Å². The van der Waals surface area contributed by atoms with Crippen LogP contribution in [0.4, 0.5) is 0 Å². The van der Waals surface area contributed by atoms with Crippen molar-refractivity contribution >= 4 is 11.9 Å². The minimum absolute atomic E-state index is 0.0768. The monoisotopic (exact) mass is 951 g/mol. The van der Waals surface area contributed by atoms with Gasteiger partial charge in [-0.05, 0) is 83.5 Å². The van der Waals surface area contributed by atoms with Gasteiger partial charge in [-0.25, -0.2) is 0 Å². The molecular weight excluding hydrogens is 837 g/mol. The summed E-state index contributed by atoms with van der Waals surface area (Å²) in [5, 5.41) is 0. The number of allylic oxidation sites excluding steroid dienone is 10. The first-order valence-electron chi connectivity index (χ1n) is 29.8. The molecule has 0 aliphatic rings. The summed E-state index contributed by atoms with van der Waals surface area (Å²) in [5.41, 5.74) is 0. The predicted octanol–water partition coefficient (Wildman–Crippen LogP) is 20.5. The molecule has 0 radical (unpaired) electrons. The van der Waals surface area contributed by atoms with Gasteiger partial charge in [0.2, 0.25) is 0 Å². The van der Waals surface area contributed by atoms with Crippen molar-refractivity contribution in [2.24, 2.45) is 0 Å². The van der Waals surface area contributed by atoms with E-state index >= 15 is 0 Å². The Morgan fingerprint density at radius 3 is 1.07 bits per heavy atom. The highest BCUT2D eigenvalue weighted by Crippen LogP contribution is 2.16. The van der Waals surface area contributed by atoms with Crippen LogP contribution in [-0.2, 0) is 23.8 Å². The van der Waals surface area contributed by atoms with Crippen LogP contribution in [0.1, 0.15) is 303 Å². The normalized spacial score (nSPS) is 12.6. The molecule has 0 aliphatic heterocycles. The van der Waals surface area contributed by atoms with Crippen molar-refractivity contribution < 1.29 is 23.8 Å². The second-order valence-electron chi connectivity index (χ2n) is 19.9. The topological polar surface area (TPSA) is 61.8 Å². The maximum absolute atomic E-state index is 12.9. The molecule has 0 saturated heterocycles. The summed E-state index contributed by atoms with van der Waals surface area (Å²) in [6.45, 7) is 7.74. The first-order valence-corrected chi connectivity index (χ1v) is 29.8. The SMILES string of the molecule is CC/C=C\C/C=C\C/C=C\C/C=C\CCCCCCCCC(=O)OCC(COCCCCCCCCCCCCCCCCCCCC)OC(=O)CCCCCCC/C=C\CCCCCCCC. The lowest BCUT2D eigenvalue weighted by Gasteiger charge is -2.18. The van der Waals surface area contributed by atoms with Crippen molar-refractivity contribution in [3.8, 4) is 0 Å². The molecule has 0 aromatic heterocycles. The van der Waals surface area contributed by atoms with Crippen LogP contribution in [0, 0.1) is 0 Å². The first-order chi connectivity index (χ1) is 33.6. The zero-order valence-corrected chi connectivity index (χ0v) is 45.6. The Balaban J connectivity index is 4.27. The zero-order valence-electron chi connectivity index (χ0n) is 45.6. The fourth-order valence-electron chi connectivity index (χ4n) is 8.62. The summed E-state index contributed by atoms with van der Waals surface area (Å²) in [7, 11) is 0. The van der Waals surface area contributed by atoms with E-state index in [1.54, 1.807) is 0 Å². The average molecular weight is 952 g/mol. The van der Waals surface area contributed by atoms with Crippen LogP contribution in [0.5, 0.6) is 0 Å². The quantitative estimate of drug-likeness (QED) is 0.0345. The molecule has 0 rings (SSSR count). The van der Waals surface area contributed by atoms with Crippen LogP contribution in [0.25, 0.3) is 0 Å². The molecule has 396 valence electrons. The molecule has 0 amide bonds. The van der Waals surface area contributed by atoms with Crippen LogP contribution in [0.15, 0.2) is 60.8 Å². The fourth-order valence-corrected chi connectivity index (χ4v) is 8.62. The molecule has 5 nitrogen and oxygen atoms in total. The Morgan fingerprint density at radius 2 is 0.662 bits per heavy atom. The van der Waals surface area contributed by atoms with E-state index in [2.05, 4.69) is 81.5 Å². The largest absolute Gasteiger partial charge is 0.462 e. The lowest BCUT2D eigenvalue weighted by molar-refractivity contribution is -0.163. The number of carbonyl (C=O) groups excluding carboxylic acids is 2. The molecule has 0 bridgehead atoms. The van der Waals surface area contributed by atoms with Gasteiger partial charge in [0, 0.05) is 19.4 Å². The fraction of sp³-hybridized carbons (Fsp3) is 0.810. The highest BCUT2D eigenvalue weighted by Gasteiger charge is 2.17.